The Morgan fingerprint density at radius 3 is 2.31 bits per heavy atom. The summed E-state index contributed by atoms with van der Waals surface area (Å²) in [5.41, 5.74) is 0. The van der Waals surface area contributed by atoms with Crippen LogP contribution in [0.15, 0.2) is 17.6 Å². The summed E-state index contributed by atoms with van der Waals surface area (Å²) in [6, 6.07) is 0.339. The predicted octanol–water partition coefficient (Wildman–Crippen LogP) is -0.375. The molecular weight excluding hydrogens is 243 g/mol. The van der Waals surface area contributed by atoms with Crippen LogP contribution in [0.5, 0.6) is 0 Å². The van der Waals surface area contributed by atoms with Crippen LogP contribution in [-0.2, 0) is 0 Å². The monoisotopic (exact) mass is 266 g/mol. The van der Waals surface area contributed by atoms with Crippen LogP contribution in [-0.4, -0.2) is 44.4 Å². The van der Waals surface area contributed by atoms with Crippen molar-refractivity contribution in [2.45, 2.75) is 25.3 Å². The van der Waals surface area contributed by atoms with Gasteiger partial charge in [0.15, 0.2) is 0 Å². The van der Waals surface area contributed by atoms with Crippen molar-refractivity contribution in [1.29, 1.82) is 0 Å². The van der Waals surface area contributed by atoms with Crippen molar-refractivity contribution in [2.24, 2.45) is 4.99 Å². The molecule has 0 aromatic heterocycles. The van der Waals surface area contributed by atoms with Gasteiger partial charge in [0.05, 0.1) is 39.9 Å². The number of hydrogen-bond donors (Lipinski definition) is 0. The highest BCUT2D eigenvalue weighted by Crippen LogP contribution is 2.07. The maximum absolute atomic E-state index is 4.34. The number of hydrogen-bond acceptors (Lipinski definition) is 1. The Hall–Kier alpha value is -0.0500. The molecule has 0 aliphatic carbocycles. The van der Waals surface area contributed by atoms with Gasteiger partial charge in [-0.15, -0.1) is 19.0 Å². The molecular formula is C12H24Cl2N2. The van der Waals surface area contributed by atoms with Crippen molar-refractivity contribution in [3.8, 4) is 0 Å². The van der Waals surface area contributed by atoms with E-state index in [4.69, 9.17) is 0 Å². The van der Waals surface area contributed by atoms with Gasteiger partial charge in [-0.25, -0.2) is 0 Å². The quantitative estimate of drug-likeness (QED) is 0.339. The van der Waals surface area contributed by atoms with E-state index in [0.29, 0.717) is 12.5 Å². The Morgan fingerprint density at radius 1 is 1.38 bits per heavy atom. The lowest BCUT2D eigenvalue weighted by Gasteiger charge is -2.25. The normalized spacial score (nSPS) is 12.8. The second-order valence-electron chi connectivity index (χ2n) is 4.52. The summed E-state index contributed by atoms with van der Waals surface area (Å²) in [5, 5.41) is 0. The fourth-order valence-electron chi connectivity index (χ4n) is 1.16. The Bertz CT molecular complexity index is 186. The summed E-state index contributed by atoms with van der Waals surface area (Å²) in [6.45, 7) is 8.56. The Morgan fingerprint density at radius 2 is 1.94 bits per heavy atom. The molecule has 1 atom stereocenters. The second-order valence-corrected chi connectivity index (χ2v) is 4.52. The number of rotatable bonds is 7. The van der Waals surface area contributed by atoms with Crippen LogP contribution in [0, 0.1) is 6.92 Å². The standard InChI is InChI=1S/C12H23N2.2ClH/c1-6-8-12(13-10-7-2)9-11-14(3,4)5;;/h6,12H,1-2,7-9,11H2,3-5H3;2*1H/q+1;;/p-1. The number of nitrogens with zero attached hydrogens (tertiary/aromatic N) is 2. The molecule has 0 fully saturated rings. The van der Waals surface area contributed by atoms with Gasteiger partial charge in [0, 0.05) is 6.42 Å². The lowest BCUT2D eigenvalue weighted by molar-refractivity contribution is -0.870. The molecule has 0 N–H and O–H groups in total. The molecule has 0 amide bonds. The van der Waals surface area contributed by atoms with Crippen molar-refractivity contribution in [3.63, 3.8) is 0 Å². The molecule has 0 saturated carbocycles. The van der Waals surface area contributed by atoms with Crippen molar-refractivity contribution in [1.82, 2.24) is 0 Å². The van der Waals surface area contributed by atoms with E-state index < -0.39 is 0 Å². The largest absolute Gasteiger partial charge is 1.00 e. The molecule has 2 radical (unpaired) electrons. The number of halogens is 2. The topological polar surface area (TPSA) is 12.4 Å². The molecule has 0 aliphatic heterocycles. The van der Waals surface area contributed by atoms with Crippen molar-refractivity contribution in [2.75, 3.05) is 27.7 Å². The molecule has 0 aromatic carbocycles. The van der Waals surface area contributed by atoms with E-state index in [1.807, 2.05) is 6.08 Å². The smallest absolute Gasteiger partial charge is 0.0801 e. The first-order chi connectivity index (χ1) is 6.49. The van der Waals surface area contributed by atoms with Gasteiger partial charge in [0.2, 0.25) is 0 Å². The minimum Gasteiger partial charge on any atom is -1.00 e. The molecule has 0 spiro atoms. The van der Waals surface area contributed by atoms with E-state index >= 15 is 0 Å². The molecule has 0 rings (SSSR count). The molecule has 0 aliphatic rings. The fraction of sp³-hybridized carbons (Fsp3) is 0.667. The van der Waals surface area contributed by atoms with E-state index in [1.165, 1.54) is 0 Å². The third-order valence-corrected chi connectivity index (χ3v) is 1.96. The zero-order valence-corrected chi connectivity index (χ0v) is 12.2. The average molecular weight is 267 g/mol. The van der Waals surface area contributed by atoms with Gasteiger partial charge in [-0.2, -0.15) is 0 Å². The van der Waals surface area contributed by atoms with Crippen molar-refractivity contribution in [3.05, 3.63) is 19.6 Å². The summed E-state index contributed by atoms with van der Waals surface area (Å²) in [6.07, 6.45) is 7.53. The van der Waals surface area contributed by atoms with E-state index in [-0.39, 0.29) is 24.8 Å². The molecule has 0 heterocycles. The van der Waals surface area contributed by atoms with Crippen LogP contribution >= 0.6 is 12.4 Å². The third kappa shape index (κ3) is 13.9. The maximum atomic E-state index is 4.34. The third-order valence-electron chi connectivity index (χ3n) is 1.96. The van der Waals surface area contributed by atoms with E-state index in [1.54, 1.807) is 0 Å². The fourth-order valence-corrected chi connectivity index (χ4v) is 1.16. The Kier molecular flexibility index (Phi) is 15.2. The minimum absolute atomic E-state index is 0. The second kappa shape index (κ2) is 11.4. The van der Waals surface area contributed by atoms with E-state index in [0.717, 1.165) is 23.9 Å². The summed E-state index contributed by atoms with van der Waals surface area (Å²) in [7, 11) is 6.58. The molecule has 96 valence electrons. The minimum atomic E-state index is 0. The predicted molar refractivity (Wildman–Crippen MR) is 70.8 cm³/mol. The summed E-state index contributed by atoms with van der Waals surface area (Å²) in [5.74, 6) is 0. The van der Waals surface area contributed by atoms with Crippen LogP contribution in [0.2, 0.25) is 0 Å². The van der Waals surface area contributed by atoms with Gasteiger partial charge in [0.25, 0.3) is 0 Å². The maximum Gasteiger partial charge on any atom is 0.0801 e. The average Bonchev–Trinajstić information content (AvgIpc) is 2.08. The zero-order valence-electron chi connectivity index (χ0n) is 10.6. The van der Waals surface area contributed by atoms with E-state index in [9.17, 15) is 0 Å². The van der Waals surface area contributed by atoms with Gasteiger partial charge in [-0.05, 0) is 19.8 Å². The van der Waals surface area contributed by atoms with E-state index in [2.05, 4.69) is 45.9 Å². The van der Waals surface area contributed by atoms with Gasteiger partial charge in [-0.3, -0.25) is 4.99 Å². The summed E-state index contributed by atoms with van der Waals surface area (Å²) >= 11 is 0. The lowest BCUT2D eigenvalue weighted by Crippen LogP contribution is -3.00. The Labute approximate surface area is 113 Å². The highest BCUT2D eigenvalue weighted by atomic mass is 35.5. The first-order valence-electron chi connectivity index (χ1n) is 5.13. The number of quaternary nitrogens is 1. The van der Waals surface area contributed by atoms with Gasteiger partial charge >= 0.3 is 0 Å². The van der Waals surface area contributed by atoms with Crippen LogP contribution in [0.4, 0.5) is 0 Å². The number of aliphatic imine (C=N–C) groups is 1. The molecule has 1 unspecified atom stereocenters. The highest BCUT2D eigenvalue weighted by molar-refractivity contribution is 5.85. The Balaban J connectivity index is -0.000000845. The van der Waals surface area contributed by atoms with Crippen LogP contribution < -0.4 is 12.4 Å². The van der Waals surface area contributed by atoms with Crippen LogP contribution in [0.1, 0.15) is 19.3 Å². The molecule has 2 nitrogen and oxygen atoms in total. The zero-order chi connectivity index (χ0) is 11.0. The lowest BCUT2D eigenvalue weighted by atomic mass is 10.1. The molecule has 0 aromatic rings. The summed E-state index contributed by atoms with van der Waals surface area (Å²) < 4.78 is 0.980. The molecule has 16 heavy (non-hydrogen) atoms. The van der Waals surface area contributed by atoms with Crippen LogP contribution in [0.25, 0.3) is 0 Å². The van der Waals surface area contributed by atoms with Gasteiger partial charge < -0.3 is 16.9 Å². The molecule has 0 saturated heterocycles. The molecule has 0 bridgehead atoms. The highest BCUT2D eigenvalue weighted by Gasteiger charge is 2.11. The van der Waals surface area contributed by atoms with Crippen LogP contribution in [0.3, 0.4) is 0 Å². The first kappa shape index (κ1) is 21.3. The van der Waals surface area contributed by atoms with Crippen molar-refractivity contribution >= 4 is 18.6 Å². The van der Waals surface area contributed by atoms with Gasteiger partial charge in [-0.1, -0.05) is 6.08 Å². The first-order valence-corrected chi connectivity index (χ1v) is 5.13. The van der Waals surface area contributed by atoms with Gasteiger partial charge in [0.1, 0.15) is 0 Å². The summed E-state index contributed by atoms with van der Waals surface area (Å²) in [4.78, 5) is 4.34. The molecule has 4 heteroatoms. The van der Waals surface area contributed by atoms with Crippen molar-refractivity contribution < 1.29 is 16.9 Å². The SMILES string of the molecule is Cl.[CH2]C/[C]=N/C(CC=C)CC[N+](C)(C)C.[Cl-].